The molecule has 0 aliphatic rings. The molecule has 2 aromatic carbocycles. The number of benzene rings is 2. The first-order chi connectivity index (χ1) is 10.4. The lowest BCUT2D eigenvalue weighted by Crippen LogP contribution is -2.17. The Morgan fingerprint density at radius 1 is 1.14 bits per heavy atom. The van der Waals surface area contributed by atoms with E-state index in [1.54, 1.807) is 18.2 Å². The van der Waals surface area contributed by atoms with Gasteiger partial charge >= 0.3 is 5.97 Å². The molecule has 0 aromatic heterocycles. The fourth-order valence-corrected chi connectivity index (χ4v) is 2.26. The number of carboxylic acid groups (broad SMARTS) is 1. The number of carbonyl (C=O) groups is 2. The SMILES string of the molecule is Nc1c(C(=O)O)cccc1C(=O)CNc1cc(Cl)ccc1Cl. The molecule has 114 valence electrons. The Morgan fingerprint density at radius 2 is 1.82 bits per heavy atom. The quantitative estimate of drug-likeness (QED) is 0.572. The van der Waals surface area contributed by atoms with Crippen molar-refractivity contribution in [3.63, 3.8) is 0 Å². The van der Waals surface area contributed by atoms with Crippen LogP contribution in [-0.2, 0) is 0 Å². The van der Waals surface area contributed by atoms with E-state index in [-0.39, 0.29) is 29.1 Å². The third-order valence-corrected chi connectivity index (χ3v) is 3.57. The Morgan fingerprint density at radius 3 is 2.50 bits per heavy atom. The lowest BCUT2D eigenvalue weighted by molar-refractivity contribution is 0.0698. The van der Waals surface area contributed by atoms with E-state index < -0.39 is 5.97 Å². The second kappa shape index (κ2) is 6.68. The van der Waals surface area contributed by atoms with Gasteiger partial charge in [-0.3, -0.25) is 4.79 Å². The van der Waals surface area contributed by atoms with Crippen LogP contribution in [0.5, 0.6) is 0 Å². The number of para-hydroxylation sites is 1. The second-order valence-electron chi connectivity index (χ2n) is 4.47. The number of aromatic carboxylic acids is 1. The molecule has 0 unspecified atom stereocenters. The minimum Gasteiger partial charge on any atom is -0.478 e. The number of hydrogen-bond acceptors (Lipinski definition) is 4. The van der Waals surface area contributed by atoms with Crippen molar-refractivity contribution < 1.29 is 14.7 Å². The maximum atomic E-state index is 12.2. The summed E-state index contributed by atoms with van der Waals surface area (Å²) < 4.78 is 0. The molecule has 0 radical (unpaired) electrons. The number of rotatable bonds is 5. The highest BCUT2D eigenvalue weighted by Gasteiger charge is 2.16. The summed E-state index contributed by atoms with van der Waals surface area (Å²) in [5, 5.41) is 12.8. The molecule has 2 rings (SSSR count). The molecule has 0 saturated carbocycles. The highest BCUT2D eigenvalue weighted by molar-refractivity contribution is 6.35. The Bertz CT molecular complexity index is 748. The minimum atomic E-state index is -1.18. The Hall–Kier alpha value is -2.24. The summed E-state index contributed by atoms with van der Waals surface area (Å²) in [6, 6.07) is 9.12. The first-order valence-electron chi connectivity index (χ1n) is 6.24. The number of Topliss-reactive ketones (excluding diaryl/α,β-unsaturated/α-hetero) is 1. The lowest BCUT2D eigenvalue weighted by atomic mass is 10.0. The van der Waals surface area contributed by atoms with Crippen LogP contribution in [0.1, 0.15) is 20.7 Å². The van der Waals surface area contributed by atoms with Crippen molar-refractivity contribution in [2.75, 3.05) is 17.6 Å². The van der Waals surface area contributed by atoms with Crippen LogP contribution in [0.2, 0.25) is 10.0 Å². The van der Waals surface area contributed by atoms with Crippen LogP contribution in [0.4, 0.5) is 11.4 Å². The first-order valence-corrected chi connectivity index (χ1v) is 6.99. The van der Waals surface area contributed by atoms with Crippen molar-refractivity contribution in [3.8, 4) is 0 Å². The zero-order valence-electron chi connectivity index (χ0n) is 11.3. The molecule has 0 spiro atoms. The van der Waals surface area contributed by atoms with Gasteiger partial charge in [-0.25, -0.2) is 4.79 Å². The van der Waals surface area contributed by atoms with E-state index in [0.717, 1.165) is 0 Å². The molecule has 0 aliphatic heterocycles. The van der Waals surface area contributed by atoms with E-state index in [0.29, 0.717) is 15.7 Å². The fraction of sp³-hybridized carbons (Fsp3) is 0.0667. The molecule has 7 heteroatoms. The molecule has 2 aromatic rings. The van der Waals surface area contributed by atoms with Crippen molar-refractivity contribution in [3.05, 3.63) is 57.6 Å². The van der Waals surface area contributed by atoms with Crippen LogP contribution < -0.4 is 11.1 Å². The first kappa shape index (κ1) is 16.1. The van der Waals surface area contributed by atoms with E-state index >= 15 is 0 Å². The van der Waals surface area contributed by atoms with Crippen molar-refractivity contribution in [2.45, 2.75) is 0 Å². The Balaban J connectivity index is 2.18. The average molecular weight is 339 g/mol. The number of nitrogens with two attached hydrogens (primary N) is 1. The largest absolute Gasteiger partial charge is 0.478 e. The second-order valence-corrected chi connectivity index (χ2v) is 5.32. The summed E-state index contributed by atoms with van der Waals surface area (Å²) >= 11 is 11.9. The maximum Gasteiger partial charge on any atom is 0.337 e. The van der Waals surface area contributed by atoms with E-state index in [4.69, 9.17) is 34.0 Å². The van der Waals surface area contributed by atoms with Gasteiger partial charge in [-0.05, 0) is 30.3 Å². The number of ketones is 1. The van der Waals surface area contributed by atoms with E-state index in [2.05, 4.69) is 5.32 Å². The van der Waals surface area contributed by atoms with Crippen LogP contribution in [0.25, 0.3) is 0 Å². The molecule has 0 atom stereocenters. The van der Waals surface area contributed by atoms with Crippen LogP contribution in [-0.4, -0.2) is 23.4 Å². The maximum absolute atomic E-state index is 12.2. The number of hydrogen-bond donors (Lipinski definition) is 3. The van der Waals surface area contributed by atoms with Gasteiger partial charge in [-0.1, -0.05) is 29.3 Å². The summed E-state index contributed by atoms with van der Waals surface area (Å²) in [7, 11) is 0. The van der Waals surface area contributed by atoms with E-state index in [9.17, 15) is 9.59 Å². The third kappa shape index (κ3) is 3.50. The number of carbonyl (C=O) groups excluding carboxylic acids is 1. The van der Waals surface area contributed by atoms with Gasteiger partial charge in [-0.2, -0.15) is 0 Å². The van der Waals surface area contributed by atoms with Crippen molar-refractivity contribution in [1.29, 1.82) is 0 Å². The van der Waals surface area contributed by atoms with Gasteiger partial charge < -0.3 is 16.2 Å². The predicted molar refractivity (Wildman–Crippen MR) is 87.1 cm³/mol. The van der Waals surface area contributed by atoms with Gasteiger partial charge in [0.25, 0.3) is 0 Å². The molecule has 0 fully saturated rings. The highest BCUT2D eigenvalue weighted by atomic mass is 35.5. The Labute approximate surface area is 136 Å². The monoisotopic (exact) mass is 338 g/mol. The fourth-order valence-electron chi connectivity index (χ4n) is 1.90. The summed E-state index contributed by atoms with van der Waals surface area (Å²) in [6.45, 7) is -0.0899. The molecule has 0 heterocycles. The predicted octanol–water partition coefficient (Wildman–Crippen LogP) is 3.57. The third-order valence-electron chi connectivity index (χ3n) is 3.00. The Kier molecular flexibility index (Phi) is 4.90. The van der Waals surface area contributed by atoms with Crippen molar-refractivity contribution >= 4 is 46.3 Å². The van der Waals surface area contributed by atoms with Gasteiger partial charge in [0.05, 0.1) is 28.5 Å². The molecule has 0 saturated heterocycles. The van der Waals surface area contributed by atoms with Gasteiger partial charge in [0.1, 0.15) is 0 Å². The molecule has 0 aliphatic carbocycles. The molecule has 0 amide bonds. The standard InChI is InChI=1S/C15H12Cl2N2O3/c16-8-4-5-11(17)12(6-8)19-7-13(20)9-2-1-3-10(14(9)18)15(21)22/h1-6,19H,7,18H2,(H,21,22). The van der Waals surface area contributed by atoms with Gasteiger partial charge in [0, 0.05) is 10.6 Å². The number of nitrogen functional groups attached to an aromatic ring is 1. The van der Waals surface area contributed by atoms with Crippen molar-refractivity contribution in [1.82, 2.24) is 0 Å². The molecule has 5 nitrogen and oxygen atoms in total. The lowest BCUT2D eigenvalue weighted by Gasteiger charge is -2.10. The van der Waals surface area contributed by atoms with E-state index in [1.165, 1.54) is 18.2 Å². The smallest absolute Gasteiger partial charge is 0.337 e. The van der Waals surface area contributed by atoms with Gasteiger partial charge in [-0.15, -0.1) is 0 Å². The highest BCUT2D eigenvalue weighted by Crippen LogP contribution is 2.25. The van der Waals surface area contributed by atoms with Crippen LogP contribution >= 0.6 is 23.2 Å². The van der Waals surface area contributed by atoms with E-state index in [1.807, 2.05) is 0 Å². The average Bonchev–Trinajstić information content (AvgIpc) is 2.47. The molecular formula is C15H12Cl2N2O3. The molecule has 22 heavy (non-hydrogen) atoms. The molecular weight excluding hydrogens is 327 g/mol. The zero-order valence-corrected chi connectivity index (χ0v) is 12.8. The van der Waals surface area contributed by atoms with Gasteiger partial charge in [0.2, 0.25) is 0 Å². The number of halogens is 2. The van der Waals surface area contributed by atoms with Crippen LogP contribution in [0, 0.1) is 0 Å². The van der Waals surface area contributed by atoms with Crippen molar-refractivity contribution in [2.24, 2.45) is 0 Å². The zero-order chi connectivity index (χ0) is 16.3. The number of nitrogens with one attached hydrogen (secondary N) is 1. The van der Waals surface area contributed by atoms with Crippen LogP contribution in [0.15, 0.2) is 36.4 Å². The summed E-state index contributed by atoms with van der Waals surface area (Å²) in [4.78, 5) is 23.2. The molecule has 4 N–H and O–H groups in total. The summed E-state index contributed by atoms with van der Waals surface area (Å²) in [5.41, 5.74) is 6.22. The van der Waals surface area contributed by atoms with Crippen LogP contribution in [0.3, 0.4) is 0 Å². The minimum absolute atomic E-state index is 0.0565. The number of carboxylic acids is 1. The summed E-state index contributed by atoms with van der Waals surface area (Å²) in [6.07, 6.45) is 0. The molecule has 0 bridgehead atoms. The topological polar surface area (TPSA) is 92.4 Å². The normalized spacial score (nSPS) is 10.3. The van der Waals surface area contributed by atoms with Gasteiger partial charge in [0.15, 0.2) is 5.78 Å². The summed E-state index contributed by atoms with van der Waals surface area (Å²) in [5.74, 6) is -1.53. The number of anilines is 2.